The first-order valence-corrected chi connectivity index (χ1v) is 9.23. The Balaban J connectivity index is 1.81. The van der Waals surface area contributed by atoms with Crippen molar-refractivity contribution in [2.45, 2.75) is 39.4 Å². The van der Waals surface area contributed by atoms with Crippen molar-refractivity contribution in [3.05, 3.63) is 71.3 Å². The van der Waals surface area contributed by atoms with Gasteiger partial charge in [-0.15, -0.1) is 6.58 Å². The molecule has 4 heteroatoms. The van der Waals surface area contributed by atoms with Crippen LogP contribution in [-0.2, 0) is 17.8 Å². The lowest BCUT2D eigenvalue weighted by Crippen LogP contribution is -2.33. The van der Waals surface area contributed by atoms with Gasteiger partial charge >= 0.3 is 5.97 Å². The molecule has 1 heterocycles. The maximum Gasteiger partial charge on any atom is 0.342 e. The van der Waals surface area contributed by atoms with Crippen molar-refractivity contribution in [2.24, 2.45) is 5.92 Å². The predicted octanol–water partition coefficient (Wildman–Crippen LogP) is 4.88. The molecule has 0 saturated carbocycles. The summed E-state index contributed by atoms with van der Waals surface area (Å²) in [6.07, 6.45) is 3.27. The van der Waals surface area contributed by atoms with Gasteiger partial charge in [0.05, 0.1) is 7.11 Å². The Bertz CT molecular complexity index is 823. The van der Waals surface area contributed by atoms with Gasteiger partial charge in [-0.05, 0) is 48.1 Å². The van der Waals surface area contributed by atoms with Crippen molar-refractivity contribution in [3.63, 3.8) is 0 Å². The van der Waals surface area contributed by atoms with E-state index < -0.39 is 0 Å². The number of fused-ring (bicyclic) bond motifs is 1. The van der Waals surface area contributed by atoms with E-state index in [0.29, 0.717) is 24.3 Å². The Morgan fingerprint density at radius 3 is 2.67 bits per heavy atom. The van der Waals surface area contributed by atoms with Gasteiger partial charge < -0.3 is 14.2 Å². The first kappa shape index (κ1) is 19.0. The Morgan fingerprint density at radius 1 is 1.26 bits per heavy atom. The molecule has 0 amide bonds. The summed E-state index contributed by atoms with van der Waals surface area (Å²) < 4.78 is 17.0. The van der Waals surface area contributed by atoms with Crippen LogP contribution in [0.2, 0.25) is 0 Å². The quantitative estimate of drug-likeness (QED) is 0.518. The minimum absolute atomic E-state index is 0.125. The highest BCUT2D eigenvalue weighted by molar-refractivity contribution is 5.95. The number of cyclic esters (lactones) is 1. The highest BCUT2D eigenvalue weighted by Gasteiger charge is 2.32. The third kappa shape index (κ3) is 4.16. The van der Waals surface area contributed by atoms with Crippen molar-refractivity contribution in [1.82, 2.24) is 0 Å². The average molecular weight is 366 g/mol. The fourth-order valence-corrected chi connectivity index (χ4v) is 3.37. The summed E-state index contributed by atoms with van der Waals surface area (Å²) in [7, 11) is 1.64. The molecule has 0 N–H and O–H groups in total. The summed E-state index contributed by atoms with van der Waals surface area (Å²) >= 11 is 0. The molecule has 0 radical (unpaired) electrons. The van der Waals surface area contributed by atoms with E-state index in [-0.39, 0.29) is 18.0 Å². The van der Waals surface area contributed by atoms with Gasteiger partial charge in [0.2, 0.25) is 0 Å². The number of esters is 1. The van der Waals surface area contributed by atoms with Crippen LogP contribution in [0.3, 0.4) is 0 Å². The molecule has 1 aliphatic heterocycles. The molecular weight excluding hydrogens is 340 g/mol. The van der Waals surface area contributed by atoms with Crippen LogP contribution < -0.4 is 9.47 Å². The van der Waals surface area contributed by atoms with E-state index in [1.165, 1.54) is 0 Å². The van der Waals surface area contributed by atoms with E-state index in [4.69, 9.17) is 14.2 Å². The van der Waals surface area contributed by atoms with Crippen molar-refractivity contribution in [2.75, 3.05) is 7.11 Å². The van der Waals surface area contributed by atoms with Gasteiger partial charge in [0.25, 0.3) is 0 Å². The van der Waals surface area contributed by atoms with Crippen LogP contribution in [0.15, 0.2) is 49.1 Å². The minimum Gasteiger partial charge on any atom is -0.497 e. The van der Waals surface area contributed by atoms with Crippen LogP contribution in [0.25, 0.3) is 0 Å². The molecule has 27 heavy (non-hydrogen) atoms. The molecule has 0 unspecified atom stereocenters. The van der Waals surface area contributed by atoms with Crippen LogP contribution in [0.1, 0.15) is 40.4 Å². The average Bonchev–Trinajstić information content (AvgIpc) is 2.68. The number of hydrogen-bond donors (Lipinski definition) is 0. The zero-order chi connectivity index (χ0) is 19.4. The maximum absolute atomic E-state index is 12.7. The van der Waals surface area contributed by atoms with Crippen LogP contribution >= 0.6 is 0 Å². The molecule has 0 aromatic heterocycles. The highest BCUT2D eigenvalue weighted by atomic mass is 16.5. The molecule has 4 nitrogen and oxygen atoms in total. The number of benzene rings is 2. The molecule has 0 aliphatic carbocycles. The van der Waals surface area contributed by atoms with Gasteiger partial charge in [-0.25, -0.2) is 4.79 Å². The number of rotatable bonds is 7. The molecule has 142 valence electrons. The summed E-state index contributed by atoms with van der Waals surface area (Å²) in [5.74, 6) is 1.36. The summed E-state index contributed by atoms with van der Waals surface area (Å²) in [5, 5.41) is 0. The molecular formula is C23H26O4. The van der Waals surface area contributed by atoms with Crippen LogP contribution in [0.5, 0.6) is 11.5 Å². The monoisotopic (exact) mass is 366 g/mol. The van der Waals surface area contributed by atoms with Crippen molar-refractivity contribution in [3.8, 4) is 11.5 Å². The molecule has 2 aromatic rings. The second-order valence-corrected chi connectivity index (χ2v) is 7.03. The van der Waals surface area contributed by atoms with Crippen molar-refractivity contribution < 1.29 is 19.0 Å². The van der Waals surface area contributed by atoms with Gasteiger partial charge in [0, 0.05) is 6.42 Å². The molecule has 2 aromatic carbocycles. The summed E-state index contributed by atoms with van der Waals surface area (Å²) in [6, 6.07) is 11.7. The Labute approximate surface area is 160 Å². The van der Waals surface area contributed by atoms with Crippen molar-refractivity contribution in [1.29, 1.82) is 0 Å². The first-order chi connectivity index (χ1) is 13.0. The largest absolute Gasteiger partial charge is 0.497 e. The van der Waals surface area contributed by atoms with E-state index in [1.54, 1.807) is 7.11 Å². The normalized spacial score (nSPS) is 16.9. The number of allylic oxidation sites excluding steroid dienone is 1. The predicted molar refractivity (Wildman–Crippen MR) is 105 cm³/mol. The summed E-state index contributed by atoms with van der Waals surface area (Å²) in [4.78, 5) is 12.7. The number of carbonyl (C=O) groups excluding carboxylic acids is 1. The fraction of sp³-hybridized carbons (Fsp3) is 0.348. The number of methoxy groups -OCH3 is 1. The maximum atomic E-state index is 12.7. The van der Waals surface area contributed by atoms with Gasteiger partial charge in [-0.1, -0.05) is 37.3 Å². The van der Waals surface area contributed by atoms with Crippen LogP contribution in [0, 0.1) is 12.8 Å². The first-order valence-electron chi connectivity index (χ1n) is 9.23. The van der Waals surface area contributed by atoms with Gasteiger partial charge in [-0.3, -0.25) is 0 Å². The SMILES string of the molecule is C=CC[C@H](C)[C@H]1Cc2ccc(C)c(OCc3ccc(OC)cc3)c2C(=O)O1. The van der Waals surface area contributed by atoms with Crippen LogP contribution in [-0.4, -0.2) is 19.2 Å². The number of ether oxygens (including phenoxy) is 3. The summed E-state index contributed by atoms with van der Waals surface area (Å²) in [6.45, 7) is 8.19. The molecule has 0 fully saturated rings. The fourth-order valence-electron chi connectivity index (χ4n) is 3.37. The lowest BCUT2D eigenvalue weighted by molar-refractivity contribution is 0.0110. The van der Waals surface area contributed by atoms with E-state index >= 15 is 0 Å². The Kier molecular flexibility index (Phi) is 5.84. The Hall–Kier alpha value is -2.75. The molecule has 0 spiro atoms. The zero-order valence-corrected chi connectivity index (χ0v) is 16.2. The molecule has 2 atom stereocenters. The smallest absolute Gasteiger partial charge is 0.342 e. The Morgan fingerprint density at radius 2 is 2.00 bits per heavy atom. The highest BCUT2D eigenvalue weighted by Crippen LogP contribution is 2.35. The van der Waals surface area contributed by atoms with E-state index in [0.717, 1.165) is 28.9 Å². The molecule has 1 aliphatic rings. The van der Waals surface area contributed by atoms with Crippen LogP contribution in [0.4, 0.5) is 0 Å². The standard InChI is InChI=1S/C23H26O4/c1-5-6-15(2)20-13-18-10-7-16(3)22(21(18)23(24)27-20)26-14-17-8-11-19(25-4)12-9-17/h5,7-12,15,20H,1,6,13-14H2,2-4H3/t15-,20+/m0/s1. The minimum atomic E-state index is -0.300. The van der Waals surface area contributed by atoms with E-state index in [2.05, 4.69) is 13.5 Å². The molecule has 0 saturated heterocycles. The number of carbonyl (C=O) groups is 1. The lowest BCUT2D eigenvalue weighted by atomic mass is 9.89. The third-order valence-electron chi connectivity index (χ3n) is 5.04. The second kappa shape index (κ2) is 8.30. The number of aryl methyl sites for hydroxylation is 1. The number of hydrogen-bond acceptors (Lipinski definition) is 4. The van der Waals surface area contributed by atoms with Crippen molar-refractivity contribution >= 4 is 5.97 Å². The lowest BCUT2D eigenvalue weighted by Gasteiger charge is -2.30. The summed E-state index contributed by atoms with van der Waals surface area (Å²) in [5.41, 5.74) is 3.49. The van der Waals surface area contributed by atoms with E-state index in [1.807, 2.05) is 49.4 Å². The van der Waals surface area contributed by atoms with E-state index in [9.17, 15) is 4.79 Å². The van der Waals surface area contributed by atoms with Gasteiger partial charge in [0.15, 0.2) is 0 Å². The third-order valence-corrected chi connectivity index (χ3v) is 5.04. The molecule has 3 rings (SSSR count). The topological polar surface area (TPSA) is 44.8 Å². The zero-order valence-electron chi connectivity index (χ0n) is 16.2. The van der Waals surface area contributed by atoms with Gasteiger partial charge in [0.1, 0.15) is 29.8 Å². The second-order valence-electron chi connectivity index (χ2n) is 7.03. The van der Waals surface area contributed by atoms with Gasteiger partial charge in [-0.2, -0.15) is 0 Å². The molecule has 0 bridgehead atoms.